The van der Waals surface area contributed by atoms with Gasteiger partial charge in [0.1, 0.15) is 0 Å². The fourth-order valence-corrected chi connectivity index (χ4v) is 14.2. The Morgan fingerprint density at radius 1 is 1.12 bits per heavy atom. The molecule has 0 nitrogen and oxygen atoms in total. The molecular formula is C14H27BrSi. The van der Waals surface area contributed by atoms with Gasteiger partial charge in [0.25, 0.3) is 0 Å². The van der Waals surface area contributed by atoms with Gasteiger partial charge in [0.15, 0.2) is 0 Å². The first-order chi connectivity index (χ1) is 7.52. The van der Waals surface area contributed by atoms with Crippen molar-refractivity contribution in [2.75, 3.05) is 0 Å². The summed E-state index contributed by atoms with van der Waals surface area (Å²) in [6.45, 7) is 9.94. The second-order valence-electron chi connectivity index (χ2n) is 6.27. The molecule has 16 heavy (non-hydrogen) atoms. The van der Waals surface area contributed by atoms with E-state index in [4.69, 9.17) is 0 Å². The molecule has 0 bridgehead atoms. The Balaban J connectivity index is 2.32. The zero-order valence-electron chi connectivity index (χ0n) is 11.4. The summed E-state index contributed by atoms with van der Waals surface area (Å²) in [5.74, 6) is 1.01. The molecule has 2 fully saturated rings. The van der Waals surface area contributed by atoms with Crippen LogP contribution in [0, 0.1) is 11.3 Å². The lowest BCUT2D eigenvalue weighted by molar-refractivity contribution is 0.365. The summed E-state index contributed by atoms with van der Waals surface area (Å²) in [6, 6.07) is 4.41. The van der Waals surface area contributed by atoms with E-state index in [1.165, 1.54) is 43.8 Å². The van der Waals surface area contributed by atoms with E-state index in [2.05, 4.69) is 43.6 Å². The minimum Gasteiger partial charge on any atom is -0.0879 e. The van der Waals surface area contributed by atoms with Crippen molar-refractivity contribution in [1.29, 1.82) is 0 Å². The molecule has 0 heterocycles. The smallest absolute Gasteiger partial charge is 0.0728 e. The lowest BCUT2D eigenvalue weighted by atomic mass is 9.90. The lowest BCUT2D eigenvalue weighted by Gasteiger charge is -2.37. The number of halogens is 1. The molecule has 3 atom stereocenters. The minimum absolute atomic E-state index is 0.599. The number of rotatable bonds is 4. The molecule has 0 radical (unpaired) electrons. The maximum Gasteiger partial charge on any atom is 0.0728 e. The average molecular weight is 303 g/mol. The number of hydrogen-bond donors (Lipinski definition) is 0. The van der Waals surface area contributed by atoms with Crippen LogP contribution in [0.4, 0.5) is 0 Å². The van der Waals surface area contributed by atoms with Gasteiger partial charge >= 0.3 is 0 Å². The van der Waals surface area contributed by atoms with Crippen molar-refractivity contribution in [3.63, 3.8) is 0 Å². The Kier molecular flexibility index (Phi) is 3.38. The number of alkyl halides is 1. The van der Waals surface area contributed by atoms with Gasteiger partial charge in [-0.05, 0) is 24.2 Å². The summed E-state index contributed by atoms with van der Waals surface area (Å²) < 4.78 is 0.599. The highest BCUT2D eigenvalue weighted by Gasteiger charge is 2.78. The second-order valence-corrected chi connectivity index (χ2v) is 13.7. The Morgan fingerprint density at radius 2 is 1.69 bits per heavy atom. The van der Waals surface area contributed by atoms with E-state index < -0.39 is 8.07 Å². The van der Waals surface area contributed by atoms with E-state index in [0.29, 0.717) is 9.36 Å². The first-order valence-corrected chi connectivity index (χ1v) is 10.6. The largest absolute Gasteiger partial charge is 0.0879 e. The monoisotopic (exact) mass is 302 g/mol. The van der Waals surface area contributed by atoms with Crippen LogP contribution in [-0.2, 0) is 0 Å². The molecule has 94 valence electrons. The summed E-state index contributed by atoms with van der Waals surface area (Å²) in [4.78, 5) is 0. The summed E-state index contributed by atoms with van der Waals surface area (Å²) >= 11 is 4.30. The van der Waals surface area contributed by atoms with Gasteiger partial charge in [0.2, 0.25) is 0 Å². The summed E-state index contributed by atoms with van der Waals surface area (Å²) in [5.41, 5.74) is 0.666. The van der Waals surface area contributed by atoms with Crippen LogP contribution in [0.1, 0.15) is 53.4 Å². The van der Waals surface area contributed by atoms with E-state index >= 15 is 0 Å². The molecule has 0 amide bonds. The minimum atomic E-state index is -1.09. The van der Waals surface area contributed by atoms with Crippen molar-refractivity contribution in [2.24, 2.45) is 11.3 Å². The molecule has 0 aromatic carbocycles. The molecule has 2 rings (SSSR count). The predicted molar refractivity (Wildman–Crippen MR) is 78.9 cm³/mol. The van der Waals surface area contributed by atoms with Crippen LogP contribution in [0.5, 0.6) is 0 Å². The standard InChI is InChI=1S/C14H27BrSi/c1-5-16(6-2,7-3)14(15)12-10-8-9-11-13(12,14)4/h12H,5-11H2,1-4H3/t12-,13+,14+/m1/s1. The molecule has 0 unspecified atom stereocenters. The van der Waals surface area contributed by atoms with Crippen LogP contribution in [0.25, 0.3) is 0 Å². The van der Waals surface area contributed by atoms with Crippen LogP contribution in [0.15, 0.2) is 0 Å². The maximum absolute atomic E-state index is 4.30. The molecule has 2 heteroatoms. The fourth-order valence-electron chi connectivity index (χ4n) is 4.94. The zero-order valence-corrected chi connectivity index (χ0v) is 14.0. The van der Waals surface area contributed by atoms with Crippen LogP contribution in [0.3, 0.4) is 0 Å². The molecule has 0 N–H and O–H groups in total. The highest BCUT2D eigenvalue weighted by Crippen LogP contribution is 2.77. The summed E-state index contributed by atoms with van der Waals surface area (Å²) in [7, 11) is -1.09. The summed E-state index contributed by atoms with van der Waals surface area (Å²) in [6.07, 6.45) is 5.94. The highest BCUT2D eigenvalue weighted by molar-refractivity contribution is 9.10. The highest BCUT2D eigenvalue weighted by atomic mass is 79.9. The van der Waals surface area contributed by atoms with Crippen molar-refractivity contribution < 1.29 is 0 Å². The zero-order chi connectivity index (χ0) is 12.0. The van der Waals surface area contributed by atoms with E-state index in [1.807, 2.05) is 0 Å². The molecule has 0 aromatic rings. The molecular weight excluding hydrogens is 276 g/mol. The van der Waals surface area contributed by atoms with E-state index in [9.17, 15) is 0 Å². The molecule has 0 aromatic heterocycles. The normalized spacial score (nSPS) is 42.9. The molecule has 2 saturated carbocycles. The van der Waals surface area contributed by atoms with Gasteiger partial charge in [-0.15, -0.1) is 0 Å². The first-order valence-electron chi connectivity index (χ1n) is 7.21. The van der Waals surface area contributed by atoms with Gasteiger partial charge in [0, 0.05) is 3.95 Å². The quantitative estimate of drug-likeness (QED) is 0.483. The van der Waals surface area contributed by atoms with Gasteiger partial charge in [-0.25, -0.2) is 0 Å². The van der Waals surface area contributed by atoms with Crippen LogP contribution in [0.2, 0.25) is 18.1 Å². The van der Waals surface area contributed by atoms with Gasteiger partial charge in [-0.1, -0.05) is 74.6 Å². The van der Waals surface area contributed by atoms with Gasteiger partial charge in [-0.3, -0.25) is 0 Å². The SMILES string of the molecule is CC[Si](CC)(CC)[C@@]1(Br)[C@@H]2CCCC[C@@]21C. The van der Waals surface area contributed by atoms with Crippen LogP contribution in [-0.4, -0.2) is 12.0 Å². The van der Waals surface area contributed by atoms with Gasteiger partial charge in [-0.2, -0.15) is 0 Å². The topological polar surface area (TPSA) is 0 Å². The Morgan fingerprint density at radius 3 is 2.06 bits per heavy atom. The van der Waals surface area contributed by atoms with E-state index in [0.717, 1.165) is 5.92 Å². The van der Waals surface area contributed by atoms with Crippen molar-refractivity contribution in [3.8, 4) is 0 Å². The van der Waals surface area contributed by atoms with Crippen molar-refractivity contribution in [2.45, 2.75) is 75.5 Å². The second kappa shape index (κ2) is 4.12. The van der Waals surface area contributed by atoms with Crippen molar-refractivity contribution in [3.05, 3.63) is 0 Å². The third-order valence-electron chi connectivity index (χ3n) is 6.24. The van der Waals surface area contributed by atoms with E-state index in [-0.39, 0.29) is 0 Å². The number of hydrogen-bond acceptors (Lipinski definition) is 0. The Bertz CT molecular complexity index is 266. The molecule has 2 aliphatic carbocycles. The third-order valence-corrected chi connectivity index (χ3v) is 16.7. The maximum atomic E-state index is 4.30. The van der Waals surface area contributed by atoms with Crippen molar-refractivity contribution >= 4 is 24.0 Å². The van der Waals surface area contributed by atoms with Gasteiger partial charge < -0.3 is 0 Å². The Labute approximate surface area is 111 Å². The average Bonchev–Trinajstić information content (AvgIpc) is 2.81. The Hall–Kier alpha value is 0.697. The number of fused-ring (bicyclic) bond motifs is 1. The van der Waals surface area contributed by atoms with Crippen molar-refractivity contribution in [1.82, 2.24) is 0 Å². The lowest BCUT2D eigenvalue weighted by Crippen LogP contribution is -2.47. The molecule has 2 aliphatic rings. The molecule has 0 spiro atoms. The first kappa shape index (κ1) is 13.1. The van der Waals surface area contributed by atoms with Gasteiger partial charge in [0.05, 0.1) is 8.07 Å². The third kappa shape index (κ3) is 1.32. The van der Waals surface area contributed by atoms with Crippen LogP contribution < -0.4 is 0 Å². The molecule has 0 saturated heterocycles. The fraction of sp³-hybridized carbons (Fsp3) is 1.00. The molecule has 0 aliphatic heterocycles. The van der Waals surface area contributed by atoms with Crippen LogP contribution >= 0.6 is 15.9 Å². The summed E-state index contributed by atoms with van der Waals surface area (Å²) in [5, 5.41) is 0. The van der Waals surface area contributed by atoms with E-state index in [1.54, 1.807) is 0 Å². The predicted octanol–water partition coefficient (Wildman–Crippen LogP) is 5.38.